The molecular weight excluding hydrogens is 388 g/mol. The van der Waals surface area contributed by atoms with Crippen LogP contribution in [0.2, 0.25) is 5.02 Å². The zero-order valence-corrected chi connectivity index (χ0v) is 17.8. The summed E-state index contributed by atoms with van der Waals surface area (Å²) in [5.74, 6) is -0.179. The summed E-state index contributed by atoms with van der Waals surface area (Å²) in [6.45, 7) is 6.38. The summed E-state index contributed by atoms with van der Waals surface area (Å²) in [6, 6.07) is 14.7. The van der Waals surface area contributed by atoms with Gasteiger partial charge in [-0.05, 0) is 82.0 Å². The zero-order valence-electron chi connectivity index (χ0n) is 17.1. The van der Waals surface area contributed by atoms with Crippen molar-refractivity contribution >= 4 is 29.3 Å². The second-order valence-electron chi connectivity index (χ2n) is 8.33. The van der Waals surface area contributed by atoms with Crippen molar-refractivity contribution < 1.29 is 14.3 Å². The summed E-state index contributed by atoms with van der Waals surface area (Å²) in [6.07, 6.45) is 2.48. The van der Waals surface area contributed by atoms with Gasteiger partial charge in [0.1, 0.15) is 5.60 Å². The SMILES string of the molecule is CC(C)(C)OC(=O)N1CCC[C@H]1Cc1ccc(NC(=O)c2ccc(Cl)cc2)cc1. The Morgan fingerprint density at radius 2 is 1.76 bits per heavy atom. The highest BCUT2D eigenvalue weighted by atomic mass is 35.5. The number of anilines is 1. The summed E-state index contributed by atoms with van der Waals surface area (Å²) >= 11 is 5.86. The van der Waals surface area contributed by atoms with Crippen LogP contribution in [0.4, 0.5) is 10.5 Å². The summed E-state index contributed by atoms with van der Waals surface area (Å²) in [5.41, 5.74) is 1.91. The maximum Gasteiger partial charge on any atom is 0.410 e. The molecule has 29 heavy (non-hydrogen) atoms. The minimum Gasteiger partial charge on any atom is -0.444 e. The van der Waals surface area contributed by atoms with Crippen LogP contribution in [0.5, 0.6) is 0 Å². The molecule has 0 aromatic heterocycles. The Balaban J connectivity index is 1.59. The van der Waals surface area contributed by atoms with Crippen molar-refractivity contribution in [2.75, 3.05) is 11.9 Å². The van der Waals surface area contributed by atoms with Crippen LogP contribution in [0, 0.1) is 0 Å². The molecular formula is C23H27ClN2O3. The predicted molar refractivity (Wildman–Crippen MR) is 116 cm³/mol. The monoisotopic (exact) mass is 414 g/mol. The van der Waals surface area contributed by atoms with Crippen LogP contribution >= 0.6 is 11.6 Å². The van der Waals surface area contributed by atoms with E-state index in [1.54, 1.807) is 24.3 Å². The molecule has 0 radical (unpaired) electrons. The van der Waals surface area contributed by atoms with Gasteiger partial charge in [-0.25, -0.2) is 4.79 Å². The summed E-state index contributed by atoms with van der Waals surface area (Å²) < 4.78 is 5.53. The third-order valence-corrected chi connectivity index (χ3v) is 5.05. The third-order valence-electron chi connectivity index (χ3n) is 4.79. The lowest BCUT2D eigenvalue weighted by molar-refractivity contribution is 0.0226. The molecule has 1 aliphatic heterocycles. The lowest BCUT2D eigenvalue weighted by Crippen LogP contribution is -2.40. The Hall–Kier alpha value is -2.53. The molecule has 0 spiro atoms. The molecule has 1 heterocycles. The van der Waals surface area contributed by atoms with Crippen LogP contribution in [0.15, 0.2) is 48.5 Å². The van der Waals surface area contributed by atoms with Gasteiger partial charge in [-0.1, -0.05) is 23.7 Å². The highest BCUT2D eigenvalue weighted by molar-refractivity contribution is 6.30. The number of hydrogen-bond donors (Lipinski definition) is 1. The average Bonchev–Trinajstić information content (AvgIpc) is 3.11. The Morgan fingerprint density at radius 1 is 1.10 bits per heavy atom. The van der Waals surface area contributed by atoms with Gasteiger partial charge in [0.2, 0.25) is 0 Å². The number of amides is 2. The molecule has 1 aliphatic rings. The van der Waals surface area contributed by atoms with Crippen molar-refractivity contribution in [2.24, 2.45) is 0 Å². The third kappa shape index (κ3) is 5.97. The van der Waals surface area contributed by atoms with Crippen LogP contribution < -0.4 is 5.32 Å². The van der Waals surface area contributed by atoms with E-state index in [1.165, 1.54) is 0 Å². The molecule has 1 fully saturated rings. The van der Waals surface area contributed by atoms with Crippen molar-refractivity contribution in [3.63, 3.8) is 0 Å². The Kier molecular flexibility index (Phi) is 6.48. The maximum atomic E-state index is 12.4. The van der Waals surface area contributed by atoms with Crippen molar-refractivity contribution in [3.8, 4) is 0 Å². The smallest absolute Gasteiger partial charge is 0.410 e. The maximum absolute atomic E-state index is 12.4. The molecule has 154 valence electrons. The number of carbonyl (C=O) groups is 2. The van der Waals surface area contributed by atoms with Gasteiger partial charge in [0.15, 0.2) is 0 Å². The van der Waals surface area contributed by atoms with Crippen molar-refractivity contribution in [1.29, 1.82) is 0 Å². The first kappa shape index (κ1) is 21.2. The number of benzene rings is 2. The van der Waals surface area contributed by atoms with E-state index in [0.717, 1.165) is 37.1 Å². The average molecular weight is 415 g/mol. The number of halogens is 1. The molecule has 6 heteroatoms. The fourth-order valence-electron chi connectivity index (χ4n) is 3.41. The quantitative estimate of drug-likeness (QED) is 0.715. The summed E-state index contributed by atoms with van der Waals surface area (Å²) in [7, 11) is 0. The fourth-order valence-corrected chi connectivity index (χ4v) is 3.54. The molecule has 1 atom stereocenters. The Labute approximate surface area is 177 Å². The molecule has 2 aromatic carbocycles. The lowest BCUT2D eigenvalue weighted by Gasteiger charge is -2.28. The van der Waals surface area contributed by atoms with Crippen molar-refractivity contribution in [1.82, 2.24) is 4.90 Å². The Morgan fingerprint density at radius 3 is 2.38 bits per heavy atom. The number of nitrogens with zero attached hydrogens (tertiary/aromatic N) is 1. The highest BCUT2D eigenvalue weighted by Gasteiger charge is 2.32. The highest BCUT2D eigenvalue weighted by Crippen LogP contribution is 2.24. The number of rotatable bonds is 4. The van der Waals surface area contributed by atoms with E-state index in [1.807, 2.05) is 49.9 Å². The van der Waals surface area contributed by atoms with Crippen LogP contribution in [-0.4, -0.2) is 35.1 Å². The number of carbonyl (C=O) groups excluding carboxylic acids is 2. The molecule has 0 aliphatic carbocycles. The van der Waals surface area contributed by atoms with Crippen LogP contribution in [0.1, 0.15) is 49.5 Å². The lowest BCUT2D eigenvalue weighted by atomic mass is 10.0. The first-order valence-electron chi connectivity index (χ1n) is 9.87. The van der Waals surface area contributed by atoms with Crippen LogP contribution in [0.25, 0.3) is 0 Å². The molecule has 2 amide bonds. The normalized spacial score (nSPS) is 16.6. The van der Waals surface area contributed by atoms with Gasteiger partial charge in [-0.2, -0.15) is 0 Å². The number of hydrogen-bond acceptors (Lipinski definition) is 3. The van der Waals surface area contributed by atoms with Crippen molar-refractivity contribution in [3.05, 3.63) is 64.7 Å². The van der Waals surface area contributed by atoms with E-state index >= 15 is 0 Å². The van der Waals surface area contributed by atoms with E-state index < -0.39 is 5.60 Å². The van der Waals surface area contributed by atoms with Gasteiger partial charge < -0.3 is 15.0 Å². The Bertz CT molecular complexity index is 857. The van der Waals surface area contributed by atoms with Gasteiger partial charge >= 0.3 is 6.09 Å². The van der Waals surface area contributed by atoms with Gasteiger partial charge in [0.05, 0.1) is 0 Å². The van der Waals surface area contributed by atoms with E-state index in [4.69, 9.17) is 16.3 Å². The number of likely N-dealkylation sites (tertiary alicyclic amines) is 1. The topological polar surface area (TPSA) is 58.6 Å². The van der Waals surface area contributed by atoms with Crippen LogP contribution in [-0.2, 0) is 11.2 Å². The number of nitrogens with one attached hydrogen (secondary N) is 1. The van der Waals surface area contributed by atoms with Crippen LogP contribution in [0.3, 0.4) is 0 Å². The second kappa shape index (κ2) is 8.87. The van der Waals surface area contributed by atoms with Gasteiger partial charge in [-0.3, -0.25) is 4.79 Å². The molecule has 1 saturated heterocycles. The minimum atomic E-state index is -0.492. The predicted octanol–water partition coefficient (Wildman–Crippen LogP) is 5.53. The van der Waals surface area contributed by atoms with E-state index in [0.29, 0.717) is 10.6 Å². The first-order chi connectivity index (χ1) is 13.7. The molecule has 2 aromatic rings. The molecule has 0 saturated carbocycles. The van der Waals surface area contributed by atoms with Crippen molar-refractivity contribution in [2.45, 2.75) is 51.7 Å². The summed E-state index contributed by atoms with van der Waals surface area (Å²) in [5, 5.41) is 3.48. The molecule has 0 unspecified atom stereocenters. The molecule has 3 rings (SSSR count). The second-order valence-corrected chi connectivity index (χ2v) is 8.77. The molecule has 1 N–H and O–H groups in total. The fraction of sp³-hybridized carbons (Fsp3) is 0.391. The van der Waals surface area contributed by atoms with Gasteiger partial charge in [0.25, 0.3) is 5.91 Å². The van der Waals surface area contributed by atoms with Gasteiger partial charge in [0, 0.05) is 28.9 Å². The van der Waals surface area contributed by atoms with E-state index in [9.17, 15) is 9.59 Å². The van der Waals surface area contributed by atoms with Gasteiger partial charge in [-0.15, -0.1) is 0 Å². The first-order valence-corrected chi connectivity index (χ1v) is 10.2. The largest absolute Gasteiger partial charge is 0.444 e. The number of ether oxygens (including phenoxy) is 1. The molecule has 5 nitrogen and oxygen atoms in total. The standard InChI is InChI=1S/C23H27ClN2O3/c1-23(2,3)29-22(28)26-14-4-5-20(26)15-16-6-12-19(13-7-16)25-21(27)17-8-10-18(24)11-9-17/h6-13,20H,4-5,14-15H2,1-3H3,(H,25,27)/t20-/m0/s1. The zero-order chi connectivity index (χ0) is 21.0. The molecule has 0 bridgehead atoms. The van der Waals surface area contributed by atoms with E-state index in [2.05, 4.69) is 5.32 Å². The van der Waals surface area contributed by atoms with E-state index in [-0.39, 0.29) is 18.0 Å². The summed E-state index contributed by atoms with van der Waals surface area (Å²) in [4.78, 5) is 26.6. The minimum absolute atomic E-state index is 0.138.